The minimum absolute atomic E-state index is 0.263. The standard InChI is InChI=1S/C13H17NO3/c1-7-10(12(16)13(17)11(7)15)9-4-2-8(6-14)3-5-9/h2-5,7,10-12,15-16H,6,14H2,1H3. The average Bonchev–Trinajstić information content (AvgIpc) is 2.54. The van der Waals surface area contributed by atoms with Gasteiger partial charge in [0.1, 0.15) is 12.2 Å². The largest absolute Gasteiger partial charge is 0.385 e. The second-order valence-electron chi connectivity index (χ2n) is 4.62. The molecule has 0 spiro atoms. The van der Waals surface area contributed by atoms with Crippen LogP contribution in [0.15, 0.2) is 24.3 Å². The van der Waals surface area contributed by atoms with Crippen LogP contribution in [0.1, 0.15) is 24.0 Å². The maximum atomic E-state index is 11.5. The first kappa shape index (κ1) is 12.2. The summed E-state index contributed by atoms with van der Waals surface area (Å²) in [5.74, 6) is -1.07. The summed E-state index contributed by atoms with van der Waals surface area (Å²) < 4.78 is 0. The second kappa shape index (κ2) is 4.56. The summed E-state index contributed by atoms with van der Waals surface area (Å²) in [5.41, 5.74) is 7.38. The zero-order chi connectivity index (χ0) is 12.6. The summed E-state index contributed by atoms with van der Waals surface area (Å²) >= 11 is 0. The summed E-state index contributed by atoms with van der Waals surface area (Å²) in [5, 5.41) is 19.5. The van der Waals surface area contributed by atoms with E-state index in [4.69, 9.17) is 5.73 Å². The number of Topliss-reactive ketones (excluding diaryl/α,β-unsaturated/α-hetero) is 1. The molecule has 0 amide bonds. The molecule has 1 aromatic rings. The molecule has 1 aliphatic rings. The zero-order valence-corrected chi connectivity index (χ0v) is 9.71. The normalized spacial score (nSPS) is 33.1. The van der Waals surface area contributed by atoms with Gasteiger partial charge in [-0.15, -0.1) is 0 Å². The molecule has 0 heterocycles. The van der Waals surface area contributed by atoms with Gasteiger partial charge in [0, 0.05) is 12.5 Å². The number of hydrogen-bond acceptors (Lipinski definition) is 4. The van der Waals surface area contributed by atoms with Crippen molar-refractivity contribution >= 4 is 5.78 Å². The third-order valence-electron chi connectivity index (χ3n) is 3.59. The van der Waals surface area contributed by atoms with Gasteiger partial charge < -0.3 is 15.9 Å². The summed E-state index contributed by atoms with van der Waals surface area (Å²) in [4.78, 5) is 11.5. The molecule has 4 nitrogen and oxygen atoms in total. The molecule has 92 valence electrons. The molecule has 1 saturated carbocycles. The molecule has 4 unspecified atom stereocenters. The molecule has 1 aromatic carbocycles. The molecular formula is C13H17NO3. The van der Waals surface area contributed by atoms with Gasteiger partial charge in [-0.05, 0) is 17.0 Å². The van der Waals surface area contributed by atoms with Crippen molar-refractivity contribution in [2.75, 3.05) is 0 Å². The van der Waals surface area contributed by atoms with E-state index in [1.54, 1.807) is 6.92 Å². The Bertz CT molecular complexity index is 415. The highest BCUT2D eigenvalue weighted by Crippen LogP contribution is 2.37. The van der Waals surface area contributed by atoms with Crippen LogP contribution in [0, 0.1) is 5.92 Å². The van der Waals surface area contributed by atoms with Crippen LogP contribution >= 0.6 is 0 Å². The molecular weight excluding hydrogens is 218 g/mol. The number of aliphatic hydroxyl groups is 2. The Labute approximate surface area is 100 Å². The fraction of sp³-hybridized carbons (Fsp3) is 0.462. The number of nitrogens with two attached hydrogens (primary N) is 1. The Morgan fingerprint density at radius 3 is 2.18 bits per heavy atom. The number of ketones is 1. The maximum absolute atomic E-state index is 11.5. The smallest absolute Gasteiger partial charge is 0.190 e. The number of rotatable bonds is 2. The summed E-state index contributed by atoms with van der Waals surface area (Å²) in [7, 11) is 0. The van der Waals surface area contributed by atoms with Crippen LogP contribution in [-0.2, 0) is 11.3 Å². The fourth-order valence-electron chi connectivity index (χ4n) is 2.46. The van der Waals surface area contributed by atoms with E-state index >= 15 is 0 Å². The summed E-state index contributed by atoms with van der Waals surface area (Å²) in [6.07, 6.45) is -2.17. The average molecular weight is 235 g/mol. The van der Waals surface area contributed by atoms with Crippen LogP contribution in [0.2, 0.25) is 0 Å². The molecule has 4 N–H and O–H groups in total. The molecule has 17 heavy (non-hydrogen) atoms. The van der Waals surface area contributed by atoms with Crippen molar-refractivity contribution in [3.05, 3.63) is 35.4 Å². The van der Waals surface area contributed by atoms with Gasteiger partial charge in [-0.3, -0.25) is 4.79 Å². The first-order chi connectivity index (χ1) is 8.06. The maximum Gasteiger partial charge on any atom is 0.190 e. The van der Waals surface area contributed by atoms with Crippen LogP contribution in [-0.4, -0.2) is 28.2 Å². The first-order valence-electron chi connectivity index (χ1n) is 5.75. The molecule has 1 aliphatic carbocycles. The van der Waals surface area contributed by atoms with Crippen molar-refractivity contribution < 1.29 is 15.0 Å². The van der Waals surface area contributed by atoms with E-state index in [-0.39, 0.29) is 11.8 Å². The van der Waals surface area contributed by atoms with Gasteiger partial charge in [0.2, 0.25) is 0 Å². The van der Waals surface area contributed by atoms with Crippen LogP contribution < -0.4 is 5.73 Å². The van der Waals surface area contributed by atoms with Gasteiger partial charge >= 0.3 is 0 Å². The lowest BCUT2D eigenvalue weighted by Gasteiger charge is -2.19. The van der Waals surface area contributed by atoms with Gasteiger partial charge in [-0.1, -0.05) is 31.2 Å². The Balaban J connectivity index is 2.30. The number of benzene rings is 1. The number of aliphatic hydroxyl groups excluding tert-OH is 2. The van der Waals surface area contributed by atoms with E-state index in [0.29, 0.717) is 6.54 Å². The fourth-order valence-corrected chi connectivity index (χ4v) is 2.46. The lowest BCUT2D eigenvalue weighted by Crippen LogP contribution is -2.24. The van der Waals surface area contributed by atoms with E-state index in [0.717, 1.165) is 11.1 Å². The van der Waals surface area contributed by atoms with Gasteiger partial charge in [0.25, 0.3) is 0 Å². The second-order valence-corrected chi connectivity index (χ2v) is 4.62. The van der Waals surface area contributed by atoms with Crippen molar-refractivity contribution in [2.45, 2.75) is 31.6 Å². The van der Waals surface area contributed by atoms with Crippen molar-refractivity contribution in [3.63, 3.8) is 0 Å². The molecule has 4 heteroatoms. The Morgan fingerprint density at radius 1 is 1.18 bits per heavy atom. The Hall–Kier alpha value is -1.23. The molecule has 0 saturated heterocycles. The third kappa shape index (κ3) is 1.99. The minimum atomic E-state index is -1.11. The van der Waals surface area contributed by atoms with Crippen LogP contribution in [0.25, 0.3) is 0 Å². The molecule has 4 atom stereocenters. The molecule has 0 aromatic heterocycles. The van der Waals surface area contributed by atoms with E-state index in [1.807, 2.05) is 24.3 Å². The van der Waals surface area contributed by atoms with E-state index in [9.17, 15) is 15.0 Å². The van der Waals surface area contributed by atoms with Gasteiger partial charge in [-0.25, -0.2) is 0 Å². The molecule has 2 rings (SSSR count). The lowest BCUT2D eigenvalue weighted by atomic mass is 9.88. The number of hydrogen-bond donors (Lipinski definition) is 3. The van der Waals surface area contributed by atoms with Gasteiger partial charge in [0.15, 0.2) is 5.78 Å². The van der Waals surface area contributed by atoms with E-state index in [2.05, 4.69) is 0 Å². The van der Waals surface area contributed by atoms with E-state index < -0.39 is 18.0 Å². The summed E-state index contributed by atoms with van der Waals surface area (Å²) in [6, 6.07) is 7.48. The van der Waals surface area contributed by atoms with Crippen molar-refractivity contribution in [1.82, 2.24) is 0 Å². The molecule has 0 aliphatic heterocycles. The first-order valence-corrected chi connectivity index (χ1v) is 5.75. The molecule has 1 fully saturated rings. The SMILES string of the molecule is CC1C(O)C(=O)C(O)C1c1ccc(CN)cc1. The molecule has 0 bridgehead atoms. The van der Waals surface area contributed by atoms with Crippen molar-refractivity contribution in [1.29, 1.82) is 0 Å². The third-order valence-corrected chi connectivity index (χ3v) is 3.59. The number of carbonyl (C=O) groups is 1. The lowest BCUT2D eigenvalue weighted by molar-refractivity contribution is -0.131. The minimum Gasteiger partial charge on any atom is -0.385 e. The van der Waals surface area contributed by atoms with Crippen LogP contribution in [0.3, 0.4) is 0 Å². The molecule has 0 radical (unpaired) electrons. The van der Waals surface area contributed by atoms with E-state index in [1.165, 1.54) is 0 Å². The highest BCUT2D eigenvalue weighted by Gasteiger charge is 2.46. The van der Waals surface area contributed by atoms with Crippen LogP contribution in [0.4, 0.5) is 0 Å². The monoisotopic (exact) mass is 235 g/mol. The van der Waals surface area contributed by atoms with Crippen LogP contribution in [0.5, 0.6) is 0 Å². The predicted molar refractivity (Wildman–Crippen MR) is 63.3 cm³/mol. The Morgan fingerprint density at radius 2 is 1.76 bits per heavy atom. The highest BCUT2D eigenvalue weighted by molar-refractivity contribution is 5.91. The number of carbonyl (C=O) groups excluding carboxylic acids is 1. The highest BCUT2D eigenvalue weighted by atomic mass is 16.3. The van der Waals surface area contributed by atoms with Crippen molar-refractivity contribution in [2.24, 2.45) is 11.7 Å². The summed E-state index contributed by atoms with van der Waals surface area (Å²) in [6.45, 7) is 2.24. The Kier molecular flexibility index (Phi) is 3.28. The van der Waals surface area contributed by atoms with Gasteiger partial charge in [0.05, 0.1) is 0 Å². The topological polar surface area (TPSA) is 83.5 Å². The zero-order valence-electron chi connectivity index (χ0n) is 9.71. The van der Waals surface area contributed by atoms with Crippen molar-refractivity contribution in [3.8, 4) is 0 Å². The van der Waals surface area contributed by atoms with Gasteiger partial charge in [-0.2, -0.15) is 0 Å². The predicted octanol–water partition coefficient (Wildman–Crippen LogP) is 0.169. The quantitative estimate of drug-likeness (QED) is 0.682.